The lowest BCUT2D eigenvalue weighted by atomic mass is 9.85. The zero-order valence-corrected chi connectivity index (χ0v) is 19.1. The van der Waals surface area contributed by atoms with Gasteiger partial charge in [-0.1, -0.05) is 27.7 Å². The molecule has 0 spiro atoms. The summed E-state index contributed by atoms with van der Waals surface area (Å²) < 4.78 is 17.3. The number of carbonyl (C=O) groups is 1. The first kappa shape index (κ1) is 23.5. The third kappa shape index (κ3) is 6.38. The second-order valence-electron chi connectivity index (χ2n) is 8.07. The van der Waals surface area contributed by atoms with Gasteiger partial charge in [-0.2, -0.15) is 0 Å². The van der Waals surface area contributed by atoms with Crippen LogP contribution in [0.4, 0.5) is 0 Å². The van der Waals surface area contributed by atoms with Crippen LogP contribution in [0.5, 0.6) is 17.2 Å². The molecule has 0 aromatic heterocycles. The summed E-state index contributed by atoms with van der Waals surface area (Å²) in [6, 6.07) is 11.2. The minimum Gasteiger partial charge on any atom is -0.494 e. The van der Waals surface area contributed by atoms with E-state index in [4.69, 9.17) is 14.2 Å². The average molecular weight is 411 g/mol. The summed E-state index contributed by atoms with van der Waals surface area (Å²) in [6.45, 7) is 14.2. The van der Waals surface area contributed by atoms with Crippen LogP contribution in [0.15, 0.2) is 42.5 Å². The zero-order valence-electron chi connectivity index (χ0n) is 19.1. The van der Waals surface area contributed by atoms with E-state index >= 15 is 0 Å². The van der Waals surface area contributed by atoms with Crippen LogP contribution in [0.1, 0.15) is 69.4 Å². The molecule has 2 aromatic carbocycles. The molecule has 2 rings (SSSR count). The summed E-state index contributed by atoms with van der Waals surface area (Å²) in [6.07, 6.45) is 4.36. The Labute approximate surface area is 180 Å². The van der Waals surface area contributed by atoms with Gasteiger partial charge in [-0.05, 0) is 68.2 Å². The minimum absolute atomic E-state index is 0.0642. The van der Waals surface area contributed by atoms with Crippen molar-refractivity contribution in [1.29, 1.82) is 0 Å². The Morgan fingerprint density at radius 2 is 1.53 bits per heavy atom. The fourth-order valence-electron chi connectivity index (χ4n) is 3.05. The molecule has 162 valence electrons. The van der Waals surface area contributed by atoms with E-state index in [1.807, 2.05) is 38.1 Å². The fourth-order valence-corrected chi connectivity index (χ4v) is 3.05. The number of ketones is 1. The Bertz CT molecular complexity index is 858. The Hall–Kier alpha value is -2.75. The van der Waals surface area contributed by atoms with Crippen LogP contribution in [0.25, 0.3) is 6.08 Å². The number of benzene rings is 2. The van der Waals surface area contributed by atoms with Gasteiger partial charge in [-0.25, -0.2) is 0 Å². The lowest BCUT2D eigenvalue weighted by molar-refractivity contribution is 0.104. The second-order valence-corrected chi connectivity index (χ2v) is 8.07. The van der Waals surface area contributed by atoms with Crippen molar-refractivity contribution in [2.75, 3.05) is 19.8 Å². The quantitative estimate of drug-likeness (QED) is 0.333. The van der Waals surface area contributed by atoms with Gasteiger partial charge < -0.3 is 14.2 Å². The van der Waals surface area contributed by atoms with Crippen molar-refractivity contribution >= 4 is 11.9 Å². The lowest BCUT2D eigenvalue weighted by Gasteiger charge is -2.24. The van der Waals surface area contributed by atoms with Crippen LogP contribution in [-0.2, 0) is 5.41 Å². The standard InChI is InChI=1S/C26H34O4/c1-7-16-30-21-13-10-19(11-14-21)23(27)15-12-20-17-22(26(4,5)6)25(29-9-3)18-24(20)28-8-2/h10-15,17-18H,7-9,16H2,1-6H3. The SMILES string of the molecule is CCCOc1ccc(C(=O)C=Cc2cc(C(C)(C)C)c(OCC)cc2OCC)cc1. The molecule has 0 bridgehead atoms. The molecule has 0 saturated carbocycles. The Balaban J connectivity index is 2.32. The van der Waals surface area contributed by atoms with Gasteiger partial charge in [0.2, 0.25) is 0 Å². The van der Waals surface area contributed by atoms with Crippen LogP contribution in [0.2, 0.25) is 0 Å². The Morgan fingerprint density at radius 1 is 0.900 bits per heavy atom. The molecule has 0 atom stereocenters. The van der Waals surface area contributed by atoms with E-state index in [2.05, 4.69) is 33.8 Å². The minimum atomic E-state index is -0.101. The van der Waals surface area contributed by atoms with Gasteiger partial charge in [0.05, 0.1) is 19.8 Å². The normalized spacial score (nSPS) is 11.5. The van der Waals surface area contributed by atoms with Crippen LogP contribution >= 0.6 is 0 Å². The van der Waals surface area contributed by atoms with Crippen molar-refractivity contribution in [1.82, 2.24) is 0 Å². The second kappa shape index (κ2) is 10.9. The van der Waals surface area contributed by atoms with E-state index in [1.54, 1.807) is 18.2 Å². The molecule has 0 aliphatic rings. The van der Waals surface area contributed by atoms with Gasteiger partial charge >= 0.3 is 0 Å². The van der Waals surface area contributed by atoms with Gasteiger partial charge in [-0.15, -0.1) is 0 Å². The number of allylic oxidation sites excluding steroid dienone is 1. The third-order valence-corrected chi connectivity index (χ3v) is 4.55. The van der Waals surface area contributed by atoms with Crippen molar-refractivity contribution in [2.45, 2.75) is 53.4 Å². The smallest absolute Gasteiger partial charge is 0.185 e. The number of ether oxygens (including phenoxy) is 3. The molecule has 4 nitrogen and oxygen atoms in total. The first-order valence-corrected chi connectivity index (χ1v) is 10.7. The van der Waals surface area contributed by atoms with Crippen LogP contribution in [0.3, 0.4) is 0 Å². The van der Waals surface area contributed by atoms with Crippen molar-refractivity contribution in [3.63, 3.8) is 0 Å². The van der Waals surface area contributed by atoms with E-state index in [0.717, 1.165) is 29.0 Å². The summed E-state index contributed by atoms with van der Waals surface area (Å²) in [5, 5.41) is 0. The van der Waals surface area contributed by atoms with Crippen LogP contribution in [-0.4, -0.2) is 25.6 Å². The van der Waals surface area contributed by atoms with E-state index in [0.29, 0.717) is 31.1 Å². The number of rotatable bonds is 10. The summed E-state index contributed by atoms with van der Waals surface area (Å²) in [7, 11) is 0. The van der Waals surface area contributed by atoms with Gasteiger partial charge in [-0.3, -0.25) is 4.79 Å². The van der Waals surface area contributed by atoms with E-state index in [-0.39, 0.29) is 11.2 Å². The van der Waals surface area contributed by atoms with Gasteiger partial charge in [0.1, 0.15) is 17.2 Å². The van der Waals surface area contributed by atoms with Gasteiger partial charge in [0.15, 0.2) is 5.78 Å². The first-order chi connectivity index (χ1) is 14.3. The van der Waals surface area contributed by atoms with Gasteiger partial charge in [0.25, 0.3) is 0 Å². The molecule has 0 amide bonds. The number of carbonyl (C=O) groups excluding carboxylic acids is 1. The lowest BCUT2D eigenvalue weighted by Crippen LogP contribution is -2.14. The molecule has 0 saturated heterocycles. The summed E-state index contributed by atoms with van der Waals surface area (Å²) >= 11 is 0. The maximum Gasteiger partial charge on any atom is 0.185 e. The highest BCUT2D eigenvalue weighted by Crippen LogP contribution is 2.37. The molecule has 0 aliphatic carbocycles. The maximum atomic E-state index is 12.7. The number of hydrogen-bond acceptors (Lipinski definition) is 4. The van der Waals surface area contributed by atoms with E-state index < -0.39 is 0 Å². The molecule has 0 fully saturated rings. The predicted molar refractivity (Wildman–Crippen MR) is 123 cm³/mol. The largest absolute Gasteiger partial charge is 0.494 e. The highest BCUT2D eigenvalue weighted by Gasteiger charge is 2.21. The van der Waals surface area contributed by atoms with Crippen molar-refractivity contribution in [3.05, 3.63) is 59.2 Å². The first-order valence-electron chi connectivity index (χ1n) is 10.7. The fraction of sp³-hybridized carbons (Fsp3) is 0.423. The van der Waals surface area contributed by atoms with Crippen LogP contribution < -0.4 is 14.2 Å². The molecule has 2 aromatic rings. The molecular formula is C26H34O4. The maximum absolute atomic E-state index is 12.7. The Morgan fingerprint density at radius 3 is 2.10 bits per heavy atom. The summed E-state index contributed by atoms with van der Waals surface area (Å²) in [4.78, 5) is 12.7. The molecule has 0 heterocycles. The monoisotopic (exact) mass is 410 g/mol. The third-order valence-electron chi connectivity index (χ3n) is 4.55. The highest BCUT2D eigenvalue weighted by atomic mass is 16.5. The van der Waals surface area contributed by atoms with E-state index in [1.165, 1.54) is 0 Å². The molecule has 0 N–H and O–H groups in total. The zero-order chi connectivity index (χ0) is 22.1. The van der Waals surface area contributed by atoms with Crippen LogP contribution in [0, 0.1) is 0 Å². The molecule has 4 heteroatoms. The summed E-state index contributed by atoms with van der Waals surface area (Å²) in [5.41, 5.74) is 2.46. The highest BCUT2D eigenvalue weighted by molar-refractivity contribution is 6.07. The Kier molecular flexibility index (Phi) is 8.52. The predicted octanol–water partition coefficient (Wildman–Crippen LogP) is 6.47. The molecule has 0 aliphatic heterocycles. The molecular weight excluding hydrogens is 376 g/mol. The van der Waals surface area contributed by atoms with Gasteiger partial charge in [0, 0.05) is 22.8 Å². The molecule has 0 radical (unpaired) electrons. The van der Waals surface area contributed by atoms with Crippen molar-refractivity contribution in [3.8, 4) is 17.2 Å². The topological polar surface area (TPSA) is 44.8 Å². The number of hydrogen-bond donors (Lipinski definition) is 0. The van der Waals surface area contributed by atoms with Crippen molar-refractivity contribution < 1.29 is 19.0 Å². The van der Waals surface area contributed by atoms with E-state index in [9.17, 15) is 4.79 Å². The average Bonchev–Trinajstić information content (AvgIpc) is 2.71. The molecule has 30 heavy (non-hydrogen) atoms. The summed E-state index contributed by atoms with van der Waals surface area (Å²) in [5.74, 6) is 2.24. The van der Waals surface area contributed by atoms with Crippen molar-refractivity contribution in [2.24, 2.45) is 0 Å². The molecule has 0 unspecified atom stereocenters.